The highest BCUT2D eigenvalue weighted by Crippen LogP contribution is 2.27. The van der Waals surface area contributed by atoms with Gasteiger partial charge >= 0.3 is 0 Å². The van der Waals surface area contributed by atoms with Crippen molar-refractivity contribution in [1.82, 2.24) is 10.3 Å². The van der Waals surface area contributed by atoms with Crippen LogP contribution < -0.4 is 15.4 Å². The summed E-state index contributed by atoms with van der Waals surface area (Å²) in [5.41, 5.74) is 2.06. The van der Waals surface area contributed by atoms with Crippen LogP contribution in [0.2, 0.25) is 0 Å². The van der Waals surface area contributed by atoms with Gasteiger partial charge in [-0.1, -0.05) is 32.8 Å². The zero-order valence-corrected chi connectivity index (χ0v) is 15.3. The second-order valence-electron chi connectivity index (χ2n) is 6.46. The molecule has 2 N–H and O–H groups in total. The van der Waals surface area contributed by atoms with E-state index in [2.05, 4.69) is 35.5 Å². The van der Waals surface area contributed by atoms with Gasteiger partial charge in [0.2, 0.25) is 0 Å². The van der Waals surface area contributed by atoms with E-state index in [1.165, 1.54) is 19.3 Å². The Balaban J connectivity index is 1.73. The Hall–Kier alpha value is -1.81. The molecule has 1 aromatic carbocycles. The first-order chi connectivity index (χ1) is 11.7. The number of ether oxygens (including phenoxy) is 1. The van der Waals surface area contributed by atoms with Crippen molar-refractivity contribution in [2.75, 3.05) is 32.1 Å². The van der Waals surface area contributed by atoms with Crippen LogP contribution in [0.1, 0.15) is 39.5 Å². The lowest BCUT2D eigenvalue weighted by atomic mass is 10.1. The van der Waals surface area contributed by atoms with Gasteiger partial charge in [0.25, 0.3) is 0 Å². The van der Waals surface area contributed by atoms with Crippen LogP contribution in [0.4, 0.5) is 5.69 Å². The lowest BCUT2D eigenvalue weighted by Gasteiger charge is -2.12. The number of nitrogens with one attached hydrogen (secondary N) is 2. The fraction of sp³-hybridized carbons (Fsp3) is 0.550. The van der Waals surface area contributed by atoms with Crippen LogP contribution in [0, 0.1) is 5.92 Å². The molecular weight excluding hydrogens is 298 g/mol. The maximum atomic E-state index is 5.39. The van der Waals surface area contributed by atoms with Crippen molar-refractivity contribution in [3.63, 3.8) is 0 Å². The number of nitrogens with zero attached hydrogens (tertiary/aromatic N) is 1. The predicted octanol–water partition coefficient (Wildman–Crippen LogP) is 4.46. The first-order valence-electron chi connectivity index (χ1n) is 9.12. The molecule has 1 atom stereocenters. The number of hydrogen-bond donors (Lipinski definition) is 2. The van der Waals surface area contributed by atoms with E-state index in [-0.39, 0.29) is 0 Å². The molecule has 1 aromatic heterocycles. The molecule has 0 radical (unpaired) electrons. The number of rotatable bonds is 11. The molecular formula is C20H31N3O. The molecule has 0 fully saturated rings. The largest absolute Gasteiger partial charge is 0.497 e. The molecule has 4 heteroatoms. The SMILES string of the molecule is CCC(C)CNCCCCCNc1cc(OC)cc2cccnc12. The third kappa shape index (κ3) is 5.68. The van der Waals surface area contributed by atoms with Crippen molar-refractivity contribution in [2.24, 2.45) is 5.92 Å². The van der Waals surface area contributed by atoms with Crippen LogP contribution >= 0.6 is 0 Å². The summed E-state index contributed by atoms with van der Waals surface area (Å²) in [6.07, 6.45) is 6.71. The molecule has 0 aliphatic carbocycles. The van der Waals surface area contributed by atoms with Crippen molar-refractivity contribution in [2.45, 2.75) is 39.5 Å². The third-order valence-corrected chi connectivity index (χ3v) is 4.45. The van der Waals surface area contributed by atoms with E-state index < -0.39 is 0 Å². The predicted molar refractivity (Wildman–Crippen MR) is 103 cm³/mol. The lowest BCUT2D eigenvalue weighted by molar-refractivity contribution is 0.415. The van der Waals surface area contributed by atoms with Crippen molar-refractivity contribution in [1.29, 1.82) is 0 Å². The summed E-state index contributed by atoms with van der Waals surface area (Å²) >= 11 is 0. The van der Waals surface area contributed by atoms with Crippen molar-refractivity contribution in [3.05, 3.63) is 30.5 Å². The number of benzene rings is 1. The van der Waals surface area contributed by atoms with E-state index in [1.807, 2.05) is 24.4 Å². The van der Waals surface area contributed by atoms with Gasteiger partial charge in [-0.15, -0.1) is 0 Å². The van der Waals surface area contributed by atoms with Crippen molar-refractivity contribution >= 4 is 16.6 Å². The van der Waals surface area contributed by atoms with Crippen LogP contribution in [-0.4, -0.2) is 31.7 Å². The highest BCUT2D eigenvalue weighted by molar-refractivity contribution is 5.91. The minimum atomic E-state index is 0.778. The van der Waals surface area contributed by atoms with Gasteiger partial charge in [-0.25, -0.2) is 0 Å². The summed E-state index contributed by atoms with van der Waals surface area (Å²) in [4.78, 5) is 4.49. The number of unbranched alkanes of at least 4 members (excludes halogenated alkanes) is 2. The van der Waals surface area contributed by atoms with Crippen LogP contribution in [0.15, 0.2) is 30.5 Å². The van der Waals surface area contributed by atoms with E-state index in [4.69, 9.17) is 4.74 Å². The second kappa shape index (κ2) is 10.1. The molecule has 0 saturated carbocycles. The minimum Gasteiger partial charge on any atom is -0.497 e. The fourth-order valence-electron chi connectivity index (χ4n) is 2.69. The molecule has 0 aliphatic rings. The van der Waals surface area contributed by atoms with Gasteiger partial charge in [0, 0.05) is 24.2 Å². The van der Waals surface area contributed by atoms with Gasteiger partial charge in [-0.2, -0.15) is 0 Å². The topological polar surface area (TPSA) is 46.2 Å². The van der Waals surface area contributed by atoms with E-state index in [1.54, 1.807) is 7.11 Å². The molecule has 2 rings (SSSR count). The van der Waals surface area contributed by atoms with Gasteiger partial charge in [-0.05, 0) is 44.0 Å². The second-order valence-corrected chi connectivity index (χ2v) is 6.46. The maximum Gasteiger partial charge on any atom is 0.121 e. The average Bonchev–Trinajstić information content (AvgIpc) is 2.63. The third-order valence-electron chi connectivity index (χ3n) is 4.45. The smallest absolute Gasteiger partial charge is 0.121 e. The molecule has 0 saturated heterocycles. The quantitative estimate of drug-likeness (QED) is 0.597. The number of aromatic nitrogens is 1. The van der Waals surface area contributed by atoms with Gasteiger partial charge < -0.3 is 15.4 Å². The summed E-state index contributed by atoms with van der Waals surface area (Å²) in [7, 11) is 1.70. The lowest BCUT2D eigenvalue weighted by Crippen LogP contribution is -2.21. The molecule has 1 unspecified atom stereocenters. The zero-order valence-electron chi connectivity index (χ0n) is 15.3. The molecule has 24 heavy (non-hydrogen) atoms. The van der Waals surface area contributed by atoms with Crippen LogP contribution in [0.5, 0.6) is 5.75 Å². The Kier molecular flexibility index (Phi) is 7.83. The van der Waals surface area contributed by atoms with Crippen molar-refractivity contribution in [3.8, 4) is 5.75 Å². The van der Waals surface area contributed by atoms with E-state index in [9.17, 15) is 0 Å². The molecule has 2 aromatic rings. The molecule has 0 aliphatic heterocycles. The molecule has 0 spiro atoms. The Morgan fingerprint density at radius 1 is 1.17 bits per heavy atom. The van der Waals surface area contributed by atoms with Gasteiger partial charge in [0.05, 0.1) is 18.3 Å². The highest BCUT2D eigenvalue weighted by Gasteiger charge is 2.05. The fourth-order valence-corrected chi connectivity index (χ4v) is 2.69. The Labute approximate surface area is 146 Å². The molecule has 132 valence electrons. The van der Waals surface area contributed by atoms with Crippen LogP contribution in [0.25, 0.3) is 10.9 Å². The van der Waals surface area contributed by atoms with Gasteiger partial charge in [-0.3, -0.25) is 4.98 Å². The number of fused-ring (bicyclic) bond motifs is 1. The summed E-state index contributed by atoms with van der Waals surface area (Å²) in [5.74, 6) is 1.65. The van der Waals surface area contributed by atoms with Crippen molar-refractivity contribution < 1.29 is 4.74 Å². The highest BCUT2D eigenvalue weighted by atomic mass is 16.5. The number of hydrogen-bond acceptors (Lipinski definition) is 4. The van der Waals surface area contributed by atoms with Gasteiger partial charge in [0.1, 0.15) is 5.75 Å². The summed E-state index contributed by atoms with van der Waals surface area (Å²) in [5, 5.41) is 8.16. The summed E-state index contributed by atoms with van der Waals surface area (Å²) in [6, 6.07) is 8.08. The zero-order chi connectivity index (χ0) is 17.2. The molecule has 1 heterocycles. The van der Waals surface area contributed by atoms with E-state index in [0.29, 0.717) is 0 Å². The standard InChI is InChI=1S/C20H31N3O/c1-4-16(2)15-21-10-6-5-7-11-22-19-14-18(24-3)13-17-9-8-12-23-20(17)19/h8-9,12-14,16,21-22H,4-7,10-11,15H2,1-3H3. The number of pyridine rings is 1. The number of methoxy groups -OCH3 is 1. The molecule has 4 nitrogen and oxygen atoms in total. The number of anilines is 1. The Morgan fingerprint density at radius 2 is 2.00 bits per heavy atom. The first-order valence-corrected chi connectivity index (χ1v) is 9.12. The van der Waals surface area contributed by atoms with Crippen LogP contribution in [0.3, 0.4) is 0 Å². The summed E-state index contributed by atoms with van der Waals surface area (Å²) in [6.45, 7) is 7.76. The van der Waals surface area contributed by atoms with E-state index >= 15 is 0 Å². The van der Waals surface area contributed by atoms with E-state index in [0.717, 1.165) is 54.3 Å². The molecule has 0 amide bonds. The summed E-state index contributed by atoms with van der Waals surface area (Å²) < 4.78 is 5.39. The Bertz CT molecular complexity index is 615. The first kappa shape index (κ1) is 18.5. The average molecular weight is 329 g/mol. The molecule has 0 bridgehead atoms. The Morgan fingerprint density at radius 3 is 2.79 bits per heavy atom. The normalized spacial score (nSPS) is 12.3. The van der Waals surface area contributed by atoms with Crippen LogP contribution in [-0.2, 0) is 0 Å². The van der Waals surface area contributed by atoms with Gasteiger partial charge in [0.15, 0.2) is 0 Å². The maximum absolute atomic E-state index is 5.39. The minimum absolute atomic E-state index is 0.778. The monoisotopic (exact) mass is 329 g/mol.